The van der Waals surface area contributed by atoms with Crippen LogP contribution < -0.4 is 0 Å². The lowest BCUT2D eigenvalue weighted by Crippen LogP contribution is -1.88. The van der Waals surface area contributed by atoms with Crippen LogP contribution in [-0.2, 0) is 0 Å². The van der Waals surface area contributed by atoms with Crippen LogP contribution in [0.2, 0.25) is 0 Å². The van der Waals surface area contributed by atoms with E-state index in [1.807, 2.05) is 0 Å². The fourth-order valence-corrected chi connectivity index (χ4v) is 1.15. The zero-order valence-corrected chi connectivity index (χ0v) is 7.48. The van der Waals surface area contributed by atoms with E-state index in [-0.39, 0.29) is 5.57 Å². The molecule has 0 amide bonds. The van der Waals surface area contributed by atoms with Crippen LogP contribution in [0.15, 0.2) is 11.0 Å². The molecule has 0 spiro atoms. The van der Waals surface area contributed by atoms with Crippen LogP contribution in [0.3, 0.4) is 0 Å². The van der Waals surface area contributed by atoms with Gasteiger partial charge in [0.2, 0.25) is 0 Å². The Kier molecular flexibility index (Phi) is 5.33. The predicted molar refractivity (Wildman–Crippen MR) is 46.6 cm³/mol. The van der Waals surface area contributed by atoms with Crippen molar-refractivity contribution in [3.8, 4) is 12.1 Å². The van der Waals surface area contributed by atoms with E-state index in [0.717, 1.165) is 5.75 Å². The van der Waals surface area contributed by atoms with E-state index in [1.165, 1.54) is 11.8 Å². The summed E-state index contributed by atoms with van der Waals surface area (Å²) in [5.74, 6) is 1.54. The molecule has 2 nitrogen and oxygen atoms in total. The predicted octanol–water partition coefficient (Wildman–Crippen LogP) is 2.31. The summed E-state index contributed by atoms with van der Waals surface area (Å²) < 4.78 is 0. The Morgan fingerprint density at radius 2 is 2.00 bits per heavy atom. The molecule has 0 saturated heterocycles. The lowest BCUT2D eigenvalue weighted by atomic mass is 10.3. The Bertz CT molecular complexity index is 201. The normalized spacial score (nSPS) is 8.45. The van der Waals surface area contributed by atoms with E-state index in [2.05, 4.69) is 13.8 Å². The maximum Gasteiger partial charge on any atom is 0.135 e. The van der Waals surface area contributed by atoms with E-state index >= 15 is 0 Å². The minimum atomic E-state index is 0.190. The monoisotopic (exact) mass is 166 g/mol. The van der Waals surface area contributed by atoms with Crippen molar-refractivity contribution >= 4 is 11.8 Å². The van der Waals surface area contributed by atoms with E-state index < -0.39 is 0 Å². The molecular formula is C8H10N2S. The highest BCUT2D eigenvalue weighted by Gasteiger charge is 1.93. The average Bonchev–Trinajstić information content (AvgIpc) is 1.98. The van der Waals surface area contributed by atoms with Crippen LogP contribution in [0.1, 0.15) is 13.8 Å². The summed E-state index contributed by atoms with van der Waals surface area (Å²) >= 11 is 1.51. The van der Waals surface area contributed by atoms with Crippen molar-refractivity contribution in [1.82, 2.24) is 0 Å². The Morgan fingerprint density at radius 1 is 1.45 bits per heavy atom. The minimum absolute atomic E-state index is 0.190. The molecule has 11 heavy (non-hydrogen) atoms. The molecule has 0 radical (unpaired) electrons. The SMILES string of the molecule is CC(C)CSC=C(C#N)C#N. The fourth-order valence-electron chi connectivity index (χ4n) is 0.402. The number of allylic oxidation sites excluding steroid dienone is 1. The average molecular weight is 166 g/mol. The largest absolute Gasteiger partial charge is 0.192 e. The third kappa shape index (κ3) is 5.51. The molecule has 0 unspecified atom stereocenters. The Morgan fingerprint density at radius 3 is 2.36 bits per heavy atom. The maximum atomic E-state index is 8.34. The highest BCUT2D eigenvalue weighted by molar-refractivity contribution is 8.02. The van der Waals surface area contributed by atoms with Crippen molar-refractivity contribution in [3.05, 3.63) is 11.0 Å². The summed E-state index contributed by atoms with van der Waals surface area (Å²) in [6.45, 7) is 4.19. The zero-order chi connectivity index (χ0) is 8.69. The quantitative estimate of drug-likeness (QED) is 0.604. The third-order valence-electron chi connectivity index (χ3n) is 0.872. The van der Waals surface area contributed by atoms with Gasteiger partial charge in [-0.15, -0.1) is 11.8 Å². The summed E-state index contributed by atoms with van der Waals surface area (Å²) in [7, 11) is 0. The van der Waals surface area contributed by atoms with Gasteiger partial charge in [-0.25, -0.2) is 0 Å². The summed E-state index contributed by atoms with van der Waals surface area (Å²) in [6.07, 6.45) is 0. The first-order valence-electron chi connectivity index (χ1n) is 3.32. The van der Waals surface area contributed by atoms with Gasteiger partial charge in [-0.3, -0.25) is 0 Å². The lowest BCUT2D eigenvalue weighted by molar-refractivity contribution is 0.751. The second kappa shape index (κ2) is 5.82. The Labute approximate surface area is 71.5 Å². The lowest BCUT2D eigenvalue weighted by Gasteiger charge is -1.97. The van der Waals surface area contributed by atoms with Crippen molar-refractivity contribution < 1.29 is 0 Å². The second-order valence-corrected chi connectivity index (χ2v) is 3.38. The fraction of sp³-hybridized carbons (Fsp3) is 0.500. The maximum absolute atomic E-state index is 8.34. The Balaban J connectivity index is 3.76. The number of nitriles is 2. The van der Waals surface area contributed by atoms with Crippen LogP contribution in [0.4, 0.5) is 0 Å². The molecular weight excluding hydrogens is 156 g/mol. The van der Waals surface area contributed by atoms with Gasteiger partial charge >= 0.3 is 0 Å². The molecule has 58 valence electrons. The van der Waals surface area contributed by atoms with Crippen LogP contribution >= 0.6 is 11.8 Å². The molecule has 0 saturated carbocycles. The third-order valence-corrected chi connectivity index (χ3v) is 2.13. The summed E-state index contributed by atoms with van der Waals surface area (Å²) in [5.41, 5.74) is 0.190. The van der Waals surface area contributed by atoms with Gasteiger partial charge in [-0.1, -0.05) is 13.8 Å². The first-order valence-corrected chi connectivity index (χ1v) is 4.37. The van der Waals surface area contributed by atoms with Crippen LogP contribution in [0, 0.1) is 28.6 Å². The van der Waals surface area contributed by atoms with Gasteiger partial charge in [0.15, 0.2) is 0 Å². The van der Waals surface area contributed by atoms with Crippen molar-refractivity contribution in [2.45, 2.75) is 13.8 Å². The van der Waals surface area contributed by atoms with Gasteiger partial charge in [0.05, 0.1) is 0 Å². The van der Waals surface area contributed by atoms with Crippen molar-refractivity contribution in [2.24, 2.45) is 5.92 Å². The topological polar surface area (TPSA) is 47.6 Å². The van der Waals surface area contributed by atoms with Crippen molar-refractivity contribution in [2.75, 3.05) is 5.75 Å². The number of hydrogen-bond acceptors (Lipinski definition) is 3. The number of hydrogen-bond donors (Lipinski definition) is 0. The van der Waals surface area contributed by atoms with E-state index in [4.69, 9.17) is 10.5 Å². The van der Waals surface area contributed by atoms with E-state index in [9.17, 15) is 0 Å². The summed E-state index contributed by atoms with van der Waals surface area (Å²) in [4.78, 5) is 0. The van der Waals surface area contributed by atoms with Crippen LogP contribution in [-0.4, -0.2) is 5.75 Å². The van der Waals surface area contributed by atoms with Gasteiger partial charge < -0.3 is 0 Å². The molecule has 0 aromatic heterocycles. The van der Waals surface area contributed by atoms with Gasteiger partial charge in [0, 0.05) is 0 Å². The van der Waals surface area contributed by atoms with E-state index in [0.29, 0.717) is 5.92 Å². The molecule has 0 aliphatic carbocycles. The minimum Gasteiger partial charge on any atom is -0.192 e. The summed E-state index contributed by atoms with van der Waals surface area (Å²) in [5, 5.41) is 18.3. The standard InChI is InChI=1S/C8H10N2S/c1-7(2)5-11-6-8(3-9)4-10/h6-7H,5H2,1-2H3. The molecule has 0 aromatic carbocycles. The van der Waals surface area contributed by atoms with Crippen molar-refractivity contribution in [3.63, 3.8) is 0 Å². The summed E-state index contributed by atoms with van der Waals surface area (Å²) in [6, 6.07) is 3.61. The molecule has 0 aromatic rings. The number of rotatable bonds is 3. The molecule has 0 aliphatic heterocycles. The molecule has 0 bridgehead atoms. The molecule has 0 atom stereocenters. The molecule has 0 heterocycles. The van der Waals surface area contributed by atoms with Crippen LogP contribution in [0.5, 0.6) is 0 Å². The smallest absolute Gasteiger partial charge is 0.135 e. The first-order chi connectivity index (χ1) is 5.20. The van der Waals surface area contributed by atoms with E-state index in [1.54, 1.807) is 17.5 Å². The zero-order valence-electron chi connectivity index (χ0n) is 6.66. The Hall–Kier alpha value is -0.930. The van der Waals surface area contributed by atoms with Gasteiger partial charge in [0.25, 0.3) is 0 Å². The molecule has 0 rings (SSSR count). The van der Waals surface area contributed by atoms with Gasteiger partial charge in [-0.2, -0.15) is 10.5 Å². The second-order valence-electron chi connectivity index (χ2n) is 2.48. The van der Waals surface area contributed by atoms with Crippen molar-refractivity contribution in [1.29, 1.82) is 10.5 Å². The molecule has 0 fully saturated rings. The number of nitrogens with zero attached hydrogens (tertiary/aromatic N) is 2. The van der Waals surface area contributed by atoms with Gasteiger partial charge in [-0.05, 0) is 17.1 Å². The molecule has 3 heteroatoms. The first kappa shape index (κ1) is 10.1. The highest BCUT2D eigenvalue weighted by Crippen LogP contribution is 2.10. The number of thioether (sulfide) groups is 1. The highest BCUT2D eigenvalue weighted by atomic mass is 32.2. The molecule has 0 aliphatic rings. The van der Waals surface area contributed by atoms with Gasteiger partial charge in [0.1, 0.15) is 17.7 Å². The molecule has 0 N–H and O–H groups in total. The van der Waals surface area contributed by atoms with Crippen LogP contribution in [0.25, 0.3) is 0 Å².